The maximum atomic E-state index is 10.5. The molecule has 0 saturated heterocycles. The summed E-state index contributed by atoms with van der Waals surface area (Å²) < 4.78 is 0. The molecular weight excluding hydrogens is 597 g/mol. The van der Waals surface area contributed by atoms with Gasteiger partial charge in [0.2, 0.25) is 0 Å². The number of allylic oxidation sites excluding steroid dienone is 7. The predicted octanol–water partition coefficient (Wildman–Crippen LogP) is 11.1. The molecule has 4 heteroatoms. The highest BCUT2D eigenvalue weighted by molar-refractivity contribution is 5.85. The number of hydrogen-bond acceptors (Lipinski definition) is 4. The van der Waals surface area contributed by atoms with E-state index in [1.165, 1.54) is 16.8 Å². The van der Waals surface area contributed by atoms with Gasteiger partial charge in [-0.15, -0.1) is 0 Å². The monoisotopic (exact) mass is 634 g/mol. The summed E-state index contributed by atoms with van der Waals surface area (Å²) in [6.07, 6.45) is 19.2. The van der Waals surface area contributed by atoms with Crippen LogP contribution in [-0.4, -0.2) is 6.04 Å². The van der Waals surface area contributed by atoms with E-state index in [2.05, 4.69) is 157 Å². The second kappa shape index (κ2) is 13.0. The molecule has 4 nitrogen and oxygen atoms in total. The first-order valence-electron chi connectivity index (χ1n) is 17.4. The molecule has 3 aliphatic carbocycles. The SMILES string of the molecule is CC1C=CCCC1c1ccccc1Nc1ccccc1-c1cccc(-c2ccc(N3C4=C(C=C(C#N)CC4)C4C=CC=CC43)c(C#N)c2)c1. The first-order chi connectivity index (χ1) is 24.1. The second-order valence-electron chi connectivity index (χ2n) is 13.5. The molecule has 0 fully saturated rings. The molecule has 0 bridgehead atoms. The van der Waals surface area contributed by atoms with E-state index in [4.69, 9.17) is 0 Å². The molecule has 0 spiro atoms. The van der Waals surface area contributed by atoms with Crippen LogP contribution in [0, 0.1) is 34.5 Å². The molecule has 49 heavy (non-hydrogen) atoms. The summed E-state index contributed by atoms with van der Waals surface area (Å²) >= 11 is 0. The molecule has 1 aliphatic heterocycles. The Kier molecular flexibility index (Phi) is 8.08. The highest BCUT2D eigenvalue weighted by Gasteiger charge is 2.40. The Balaban J connectivity index is 1.12. The number of nitriles is 2. The molecule has 4 aliphatic rings. The minimum atomic E-state index is 0.0949. The fourth-order valence-electron chi connectivity index (χ4n) is 8.22. The van der Waals surface area contributed by atoms with Gasteiger partial charge in [-0.1, -0.05) is 104 Å². The van der Waals surface area contributed by atoms with E-state index in [0.717, 1.165) is 70.6 Å². The number of para-hydroxylation sites is 2. The highest BCUT2D eigenvalue weighted by atomic mass is 15.2. The van der Waals surface area contributed by atoms with Gasteiger partial charge < -0.3 is 10.2 Å². The van der Waals surface area contributed by atoms with Gasteiger partial charge in [-0.2, -0.15) is 10.5 Å². The molecule has 0 amide bonds. The maximum absolute atomic E-state index is 10.5. The Morgan fingerprint density at radius 2 is 1.55 bits per heavy atom. The van der Waals surface area contributed by atoms with Crippen LogP contribution >= 0.6 is 0 Å². The Morgan fingerprint density at radius 1 is 0.755 bits per heavy atom. The lowest BCUT2D eigenvalue weighted by molar-refractivity contribution is 0.493. The van der Waals surface area contributed by atoms with E-state index in [9.17, 15) is 10.5 Å². The molecule has 0 saturated carbocycles. The van der Waals surface area contributed by atoms with Gasteiger partial charge in [-0.3, -0.25) is 0 Å². The number of nitrogens with one attached hydrogen (secondary N) is 1. The number of fused-ring (bicyclic) bond motifs is 2. The molecule has 1 heterocycles. The zero-order chi connectivity index (χ0) is 33.3. The van der Waals surface area contributed by atoms with Crippen molar-refractivity contribution in [2.75, 3.05) is 10.2 Å². The van der Waals surface area contributed by atoms with Crippen LogP contribution < -0.4 is 10.2 Å². The van der Waals surface area contributed by atoms with E-state index in [-0.39, 0.29) is 12.0 Å². The van der Waals surface area contributed by atoms with E-state index in [0.29, 0.717) is 17.4 Å². The number of rotatable bonds is 6. The average Bonchev–Trinajstić information content (AvgIpc) is 3.48. The van der Waals surface area contributed by atoms with Crippen molar-refractivity contribution in [3.63, 3.8) is 0 Å². The molecule has 4 aromatic carbocycles. The van der Waals surface area contributed by atoms with E-state index in [1.807, 2.05) is 6.07 Å². The summed E-state index contributed by atoms with van der Waals surface area (Å²) in [5.74, 6) is 1.17. The van der Waals surface area contributed by atoms with Crippen LogP contribution in [0.25, 0.3) is 22.3 Å². The summed E-state index contributed by atoms with van der Waals surface area (Å²) in [5, 5.41) is 23.9. The molecule has 0 radical (unpaired) electrons. The van der Waals surface area contributed by atoms with Crippen molar-refractivity contribution in [2.45, 2.75) is 44.6 Å². The molecule has 238 valence electrons. The number of anilines is 3. The third-order valence-electron chi connectivity index (χ3n) is 10.7. The Hall–Kier alpha value is -5.84. The van der Waals surface area contributed by atoms with Gasteiger partial charge in [-0.05, 0) is 102 Å². The largest absolute Gasteiger partial charge is 0.355 e. The summed E-state index contributed by atoms with van der Waals surface area (Å²) in [5.41, 5.74) is 12.8. The summed E-state index contributed by atoms with van der Waals surface area (Å²) in [6.45, 7) is 2.32. The van der Waals surface area contributed by atoms with Crippen LogP contribution in [-0.2, 0) is 0 Å². The second-order valence-corrected chi connectivity index (χ2v) is 13.5. The van der Waals surface area contributed by atoms with Crippen molar-refractivity contribution in [2.24, 2.45) is 11.8 Å². The van der Waals surface area contributed by atoms with Gasteiger partial charge >= 0.3 is 0 Å². The van der Waals surface area contributed by atoms with Crippen LogP contribution in [0.3, 0.4) is 0 Å². The summed E-state index contributed by atoms with van der Waals surface area (Å²) in [7, 11) is 0. The lowest BCUT2D eigenvalue weighted by Gasteiger charge is -2.32. The standard InChI is InChI=1S/C45H38N4/c1-30-11-2-3-14-36(30)38-16-5-8-19-42(38)48-41-18-7-4-15-37(41)34-13-10-12-32(26-34)33-22-24-43(35(27-33)29-47)49-44-20-9-6-17-39(44)40-25-31(28-46)21-23-45(40)49/h2,4-13,15-20,22,24-27,30,36,39,44,48H,3,14,21,23H2,1H3. The van der Waals surface area contributed by atoms with E-state index < -0.39 is 0 Å². The van der Waals surface area contributed by atoms with Gasteiger partial charge in [0, 0.05) is 34.1 Å². The third-order valence-corrected chi connectivity index (χ3v) is 10.7. The Morgan fingerprint density at radius 3 is 2.41 bits per heavy atom. The van der Waals surface area contributed by atoms with Crippen LogP contribution in [0.5, 0.6) is 0 Å². The number of hydrogen-bond donors (Lipinski definition) is 1. The quantitative estimate of drug-likeness (QED) is 0.214. The first-order valence-corrected chi connectivity index (χ1v) is 17.4. The summed E-state index contributed by atoms with van der Waals surface area (Å²) in [4.78, 5) is 2.34. The van der Waals surface area contributed by atoms with Crippen molar-refractivity contribution in [3.8, 4) is 34.4 Å². The normalized spacial score (nSPS) is 22.2. The van der Waals surface area contributed by atoms with Gasteiger partial charge in [0.05, 0.1) is 23.4 Å². The fraction of sp³-hybridized carbons (Fsp3) is 0.200. The van der Waals surface area contributed by atoms with Crippen LogP contribution in [0.4, 0.5) is 17.1 Å². The Labute approximate surface area is 289 Å². The van der Waals surface area contributed by atoms with Gasteiger partial charge in [0.25, 0.3) is 0 Å². The van der Waals surface area contributed by atoms with E-state index >= 15 is 0 Å². The van der Waals surface area contributed by atoms with Crippen LogP contribution in [0.2, 0.25) is 0 Å². The minimum absolute atomic E-state index is 0.0949. The molecule has 4 aromatic rings. The predicted molar refractivity (Wildman–Crippen MR) is 200 cm³/mol. The molecule has 1 N–H and O–H groups in total. The number of benzene rings is 4. The average molecular weight is 635 g/mol. The molecule has 8 rings (SSSR count). The maximum Gasteiger partial charge on any atom is 0.101 e. The molecule has 4 atom stereocenters. The van der Waals surface area contributed by atoms with Crippen molar-refractivity contribution in [1.29, 1.82) is 10.5 Å². The third kappa shape index (κ3) is 5.60. The van der Waals surface area contributed by atoms with Crippen molar-refractivity contribution >= 4 is 17.1 Å². The lowest BCUT2D eigenvalue weighted by atomic mass is 9.79. The minimum Gasteiger partial charge on any atom is -0.355 e. The van der Waals surface area contributed by atoms with Crippen LogP contribution in [0.15, 0.2) is 150 Å². The molecule has 4 unspecified atom stereocenters. The van der Waals surface area contributed by atoms with Crippen molar-refractivity contribution in [3.05, 3.63) is 161 Å². The smallest absolute Gasteiger partial charge is 0.101 e. The Bertz CT molecular complexity index is 2180. The van der Waals surface area contributed by atoms with Crippen LogP contribution in [0.1, 0.15) is 49.7 Å². The van der Waals surface area contributed by atoms with Crippen molar-refractivity contribution in [1.82, 2.24) is 0 Å². The molecular formula is C45H38N4. The lowest BCUT2D eigenvalue weighted by Crippen LogP contribution is -2.33. The zero-order valence-corrected chi connectivity index (χ0v) is 27.7. The fourth-order valence-corrected chi connectivity index (χ4v) is 8.22. The molecule has 0 aromatic heterocycles. The first kappa shape index (κ1) is 30.5. The highest BCUT2D eigenvalue weighted by Crippen LogP contribution is 2.47. The summed E-state index contributed by atoms with van der Waals surface area (Å²) in [6, 6.07) is 37.2. The van der Waals surface area contributed by atoms with Gasteiger partial charge in [0.1, 0.15) is 6.07 Å². The van der Waals surface area contributed by atoms with Gasteiger partial charge in [-0.25, -0.2) is 0 Å². The number of nitrogens with zero attached hydrogens (tertiary/aromatic N) is 3. The zero-order valence-electron chi connectivity index (χ0n) is 27.7. The van der Waals surface area contributed by atoms with Gasteiger partial charge in [0.15, 0.2) is 0 Å². The topological polar surface area (TPSA) is 62.9 Å². The van der Waals surface area contributed by atoms with Crippen molar-refractivity contribution < 1.29 is 0 Å². The van der Waals surface area contributed by atoms with E-state index in [1.54, 1.807) is 0 Å².